The first kappa shape index (κ1) is 22.5. The van der Waals surface area contributed by atoms with Crippen molar-refractivity contribution in [1.29, 1.82) is 0 Å². The first-order chi connectivity index (χ1) is 14.4. The summed E-state index contributed by atoms with van der Waals surface area (Å²) in [6.07, 6.45) is 1.46. The van der Waals surface area contributed by atoms with Gasteiger partial charge in [-0.25, -0.2) is 8.42 Å². The van der Waals surface area contributed by atoms with Crippen LogP contribution in [0.1, 0.15) is 37.4 Å². The van der Waals surface area contributed by atoms with E-state index in [-0.39, 0.29) is 17.4 Å². The lowest BCUT2D eigenvalue weighted by Gasteiger charge is -2.38. The maximum Gasteiger partial charge on any atom is 0.271 e. The Morgan fingerprint density at radius 3 is 2.65 bits per heavy atom. The predicted molar refractivity (Wildman–Crippen MR) is 117 cm³/mol. The molecule has 9 nitrogen and oxygen atoms in total. The molecule has 0 radical (unpaired) electrons. The molecule has 0 fully saturated rings. The molecule has 166 valence electrons. The molecule has 1 aliphatic rings. The number of ether oxygens (including phenoxy) is 1. The molecule has 2 aromatic rings. The molecular formula is C21H25N3O6S. The molecule has 1 heterocycles. The molecule has 31 heavy (non-hydrogen) atoms. The normalized spacial score (nSPS) is 17.2. The number of aryl methyl sites for hydroxylation is 1. The molecule has 0 bridgehead atoms. The van der Waals surface area contributed by atoms with Crippen molar-refractivity contribution in [3.05, 3.63) is 63.7 Å². The smallest absolute Gasteiger partial charge is 0.271 e. The van der Waals surface area contributed by atoms with Crippen LogP contribution >= 0.6 is 0 Å². The van der Waals surface area contributed by atoms with Crippen LogP contribution in [0, 0.1) is 17.0 Å². The summed E-state index contributed by atoms with van der Waals surface area (Å²) in [6.45, 7) is 5.29. The zero-order valence-corrected chi connectivity index (χ0v) is 18.6. The van der Waals surface area contributed by atoms with Gasteiger partial charge in [0.25, 0.3) is 5.69 Å². The van der Waals surface area contributed by atoms with Crippen LogP contribution in [0.2, 0.25) is 0 Å². The van der Waals surface area contributed by atoms with Gasteiger partial charge in [0.1, 0.15) is 17.9 Å². The number of non-ortho nitro benzene ring substituents is 1. The molecular weight excluding hydrogens is 422 g/mol. The Bertz CT molecular complexity index is 1130. The minimum Gasteiger partial charge on any atom is -0.487 e. The molecule has 0 aromatic heterocycles. The lowest BCUT2D eigenvalue weighted by atomic mass is 9.89. The van der Waals surface area contributed by atoms with Crippen molar-refractivity contribution in [3.8, 4) is 5.75 Å². The molecule has 0 saturated carbocycles. The number of fused-ring (bicyclic) bond motifs is 1. The summed E-state index contributed by atoms with van der Waals surface area (Å²) >= 11 is 0. The van der Waals surface area contributed by atoms with Crippen molar-refractivity contribution in [1.82, 2.24) is 5.32 Å². The number of rotatable bonds is 6. The topological polar surface area (TPSA) is 119 Å². The molecule has 1 amide bonds. The van der Waals surface area contributed by atoms with Crippen LogP contribution in [0.15, 0.2) is 42.5 Å². The summed E-state index contributed by atoms with van der Waals surface area (Å²) in [6, 6.07) is 10.5. The van der Waals surface area contributed by atoms with E-state index in [1.165, 1.54) is 18.2 Å². The zero-order valence-electron chi connectivity index (χ0n) is 17.8. The van der Waals surface area contributed by atoms with Crippen molar-refractivity contribution in [3.63, 3.8) is 0 Å². The van der Waals surface area contributed by atoms with Gasteiger partial charge in [0.2, 0.25) is 15.9 Å². The van der Waals surface area contributed by atoms with Gasteiger partial charge in [-0.3, -0.25) is 19.2 Å². The third-order valence-electron chi connectivity index (χ3n) is 4.98. The van der Waals surface area contributed by atoms with Gasteiger partial charge in [-0.2, -0.15) is 0 Å². The van der Waals surface area contributed by atoms with Crippen molar-refractivity contribution in [2.75, 3.05) is 17.1 Å². The van der Waals surface area contributed by atoms with Gasteiger partial charge < -0.3 is 10.1 Å². The Labute approximate surface area is 181 Å². The number of nitrogens with zero attached hydrogens (tertiary/aromatic N) is 2. The van der Waals surface area contributed by atoms with Crippen molar-refractivity contribution < 1.29 is 22.9 Å². The third kappa shape index (κ3) is 5.32. The van der Waals surface area contributed by atoms with Crippen LogP contribution < -0.4 is 14.4 Å². The van der Waals surface area contributed by atoms with E-state index in [1.54, 1.807) is 0 Å². The Morgan fingerprint density at radius 2 is 2.00 bits per heavy atom. The number of nitrogens with one attached hydrogen (secondary N) is 1. The maximum absolute atomic E-state index is 12.9. The van der Waals surface area contributed by atoms with E-state index in [9.17, 15) is 23.3 Å². The van der Waals surface area contributed by atoms with Crippen LogP contribution in [0.4, 0.5) is 11.4 Å². The second-order valence-corrected chi connectivity index (χ2v) is 10.2. The number of benzene rings is 2. The average Bonchev–Trinajstić information content (AvgIpc) is 2.64. The number of amides is 1. The van der Waals surface area contributed by atoms with Crippen molar-refractivity contribution in [2.24, 2.45) is 0 Å². The van der Waals surface area contributed by atoms with Crippen molar-refractivity contribution in [2.45, 2.75) is 38.8 Å². The molecule has 0 saturated heterocycles. The molecule has 0 spiro atoms. The average molecular weight is 448 g/mol. The van der Waals surface area contributed by atoms with E-state index in [4.69, 9.17) is 4.74 Å². The highest BCUT2D eigenvalue weighted by atomic mass is 32.2. The largest absolute Gasteiger partial charge is 0.487 e. The zero-order chi connectivity index (χ0) is 23.0. The number of hydrogen-bond donors (Lipinski definition) is 1. The standard InChI is InChI=1S/C21H25N3O6S/c1-14-8-9-17-18(12-21(2,3)30-19(17)10-14)22-20(25)13-23(31(4,28)29)15-6-5-7-16(11-15)24(26)27/h5-11,18H,12-13H2,1-4H3,(H,22,25)/t18-/m1/s1. The minimum absolute atomic E-state index is 0.0511. The summed E-state index contributed by atoms with van der Waals surface area (Å²) in [5.74, 6) is 0.159. The number of anilines is 1. The lowest BCUT2D eigenvalue weighted by molar-refractivity contribution is -0.384. The number of hydrogen-bond acceptors (Lipinski definition) is 6. The monoisotopic (exact) mass is 447 g/mol. The van der Waals surface area contributed by atoms with Gasteiger partial charge >= 0.3 is 0 Å². The molecule has 3 rings (SSSR count). The van der Waals surface area contributed by atoms with Gasteiger partial charge in [-0.15, -0.1) is 0 Å². The quantitative estimate of drug-likeness (QED) is 0.537. The SMILES string of the molecule is Cc1ccc2c(c1)OC(C)(C)C[C@H]2NC(=O)CN(c1cccc([N+](=O)[O-])c1)S(C)(=O)=O. The van der Waals surface area contributed by atoms with Crippen LogP contribution in [-0.2, 0) is 14.8 Å². The first-order valence-electron chi connectivity index (χ1n) is 9.67. The Morgan fingerprint density at radius 1 is 1.29 bits per heavy atom. The number of sulfonamides is 1. The van der Waals surface area contributed by atoms with Gasteiger partial charge in [0.15, 0.2) is 0 Å². The number of carbonyl (C=O) groups excluding carboxylic acids is 1. The second kappa shape index (κ2) is 8.18. The highest BCUT2D eigenvalue weighted by Crippen LogP contribution is 2.39. The Balaban J connectivity index is 1.86. The summed E-state index contributed by atoms with van der Waals surface area (Å²) in [4.78, 5) is 23.3. The van der Waals surface area contributed by atoms with Crippen LogP contribution in [0.3, 0.4) is 0 Å². The van der Waals surface area contributed by atoms with Gasteiger partial charge in [0, 0.05) is 24.1 Å². The van der Waals surface area contributed by atoms with Gasteiger partial charge in [-0.05, 0) is 38.5 Å². The van der Waals surface area contributed by atoms with E-state index < -0.39 is 33.0 Å². The molecule has 1 aliphatic heterocycles. The van der Waals surface area contributed by atoms with Crippen LogP contribution in [0.25, 0.3) is 0 Å². The second-order valence-electron chi connectivity index (χ2n) is 8.27. The Hall–Kier alpha value is -3.14. The summed E-state index contributed by atoms with van der Waals surface area (Å²) in [7, 11) is -3.86. The van der Waals surface area contributed by atoms with E-state index in [0.717, 1.165) is 27.8 Å². The predicted octanol–water partition coefficient (Wildman–Crippen LogP) is 3.09. The fourth-order valence-corrected chi connectivity index (χ4v) is 4.47. The van der Waals surface area contributed by atoms with Crippen LogP contribution in [0.5, 0.6) is 5.75 Å². The van der Waals surface area contributed by atoms with E-state index >= 15 is 0 Å². The molecule has 10 heteroatoms. The van der Waals surface area contributed by atoms with E-state index in [1.807, 2.05) is 39.0 Å². The first-order valence-corrected chi connectivity index (χ1v) is 11.5. The fourth-order valence-electron chi connectivity index (χ4n) is 3.62. The molecule has 0 aliphatic carbocycles. The number of nitro groups is 1. The number of nitro benzene ring substituents is 1. The molecule has 1 atom stereocenters. The minimum atomic E-state index is -3.86. The highest BCUT2D eigenvalue weighted by molar-refractivity contribution is 7.92. The molecule has 0 unspecified atom stereocenters. The molecule has 2 aromatic carbocycles. The fraction of sp³-hybridized carbons (Fsp3) is 0.381. The number of carbonyl (C=O) groups is 1. The maximum atomic E-state index is 12.9. The van der Waals surface area contributed by atoms with Gasteiger partial charge in [-0.1, -0.05) is 18.2 Å². The van der Waals surface area contributed by atoms with Crippen molar-refractivity contribution >= 4 is 27.3 Å². The summed E-state index contributed by atoms with van der Waals surface area (Å²) in [5, 5.41) is 14.0. The molecule has 1 N–H and O–H groups in total. The third-order valence-corrected chi connectivity index (χ3v) is 6.12. The van der Waals surface area contributed by atoms with Gasteiger partial charge in [0.05, 0.1) is 22.9 Å². The van der Waals surface area contributed by atoms with Crippen LogP contribution in [-0.4, -0.2) is 37.6 Å². The lowest BCUT2D eigenvalue weighted by Crippen LogP contribution is -2.45. The summed E-state index contributed by atoms with van der Waals surface area (Å²) < 4.78 is 31.6. The summed E-state index contributed by atoms with van der Waals surface area (Å²) in [5.41, 5.74) is 1.11. The van der Waals surface area contributed by atoms with E-state index in [2.05, 4.69) is 5.32 Å². The Kier molecular flexibility index (Phi) is 5.95. The highest BCUT2D eigenvalue weighted by Gasteiger charge is 2.35. The van der Waals surface area contributed by atoms with E-state index in [0.29, 0.717) is 12.2 Å².